The van der Waals surface area contributed by atoms with Crippen LogP contribution in [-0.4, -0.2) is 35.0 Å². The number of esters is 1. The topological polar surface area (TPSA) is 38.7 Å². The molecule has 0 aromatic heterocycles. The van der Waals surface area contributed by atoms with E-state index in [-0.39, 0.29) is 12.5 Å². The number of carbonyl (C=O) groups excluding carboxylic acids is 1. The summed E-state index contributed by atoms with van der Waals surface area (Å²) in [6.45, 7) is 5.64. The maximum atomic E-state index is 11.2. The van der Waals surface area contributed by atoms with E-state index in [4.69, 9.17) is 4.74 Å². The molecule has 0 atom stereocenters. The standard InChI is InChI=1S/C9H17NO2S2/c1-9(2,3)12-7(11)6-10-8(13-4)14-5/h6H2,1-5H3. The second-order valence-electron chi connectivity index (χ2n) is 3.58. The Kier molecular flexibility index (Phi) is 6.27. The van der Waals surface area contributed by atoms with E-state index in [9.17, 15) is 4.79 Å². The predicted octanol–water partition coefficient (Wildman–Crippen LogP) is 2.41. The van der Waals surface area contributed by atoms with Crippen LogP contribution >= 0.6 is 23.5 Å². The van der Waals surface area contributed by atoms with Gasteiger partial charge in [-0.3, -0.25) is 9.79 Å². The number of carbonyl (C=O) groups is 1. The molecular weight excluding hydrogens is 218 g/mol. The Morgan fingerprint density at radius 3 is 2.14 bits per heavy atom. The molecule has 0 aromatic carbocycles. The molecule has 82 valence electrons. The van der Waals surface area contributed by atoms with Crippen molar-refractivity contribution in [2.24, 2.45) is 4.99 Å². The summed E-state index contributed by atoms with van der Waals surface area (Å²) in [5.41, 5.74) is -0.425. The van der Waals surface area contributed by atoms with E-state index in [0.717, 1.165) is 4.38 Å². The molecule has 5 heteroatoms. The summed E-state index contributed by atoms with van der Waals surface area (Å²) in [4.78, 5) is 15.4. The highest BCUT2D eigenvalue weighted by Crippen LogP contribution is 2.11. The van der Waals surface area contributed by atoms with Gasteiger partial charge < -0.3 is 4.74 Å². The molecule has 0 rings (SSSR count). The first-order valence-electron chi connectivity index (χ1n) is 4.23. The molecule has 0 amide bonds. The Morgan fingerprint density at radius 2 is 1.79 bits per heavy atom. The Morgan fingerprint density at radius 1 is 1.29 bits per heavy atom. The Labute approximate surface area is 94.1 Å². The molecular formula is C9H17NO2S2. The van der Waals surface area contributed by atoms with Crippen LogP contribution in [-0.2, 0) is 9.53 Å². The molecule has 0 unspecified atom stereocenters. The largest absolute Gasteiger partial charge is 0.459 e. The van der Waals surface area contributed by atoms with Gasteiger partial charge in [0.05, 0.1) is 0 Å². The van der Waals surface area contributed by atoms with Crippen LogP contribution in [0.2, 0.25) is 0 Å². The van der Waals surface area contributed by atoms with Gasteiger partial charge in [0, 0.05) is 0 Å². The second-order valence-corrected chi connectivity index (χ2v) is 5.43. The average molecular weight is 235 g/mol. The van der Waals surface area contributed by atoms with Gasteiger partial charge in [-0.25, -0.2) is 0 Å². The summed E-state index contributed by atoms with van der Waals surface area (Å²) in [6.07, 6.45) is 3.87. The van der Waals surface area contributed by atoms with Crippen LogP contribution in [0.3, 0.4) is 0 Å². The lowest BCUT2D eigenvalue weighted by Crippen LogP contribution is -2.25. The van der Waals surface area contributed by atoms with Crippen LogP contribution in [0.4, 0.5) is 0 Å². The van der Waals surface area contributed by atoms with E-state index in [1.54, 1.807) is 0 Å². The summed E-state index contributed by atoms with van der Waals surface area (Å²) in [5, 5.41) is 0. The molecule has 14 heavy (non-hydrogen) atoms. The zero-order chi connectivity index (χ0) is 11.2. The van der Waals surface area contributed by atoms with Crippen molar-refractivity contribution in [3.05, 3.63) is 0 Å². The second kappa shape index (κ2) is 6.35. The van der Waals surface area contributed by atoms with E-state index in [0.29, 0.717) is 0 Å². The number of thioether (sulfide) groups is 2. The summed E-state index contributed by atoms with van der Waals surface area (Å²) < 4.78 is 6.01. The van der Waals surface area contributed by atoms with E-state index in [1.807, 2.05) is 33.3 Å². The van der Waals surface area contributed by atoms with Crippen molar-refractivity contribution in [2.75, 3.05) is 19.1 Å². The quantitative estimate of drug-likeness (QED) is 0.418. The third kappa shape index (κ3) is 7.26. The highest BCUT2D eigenvalue weighted by atomic mass is 32.2. The molecule has 0 fully saturated rings. The fraction of sp³-hybridized carbons (Fsp3) is 0.778. The maximum absolute atomic E-state index is 11.2. The number of hydrogen-bond acceptors (Lipinski definition) is 5. The van der Waals surface area contributed by atoms with Crippen molar-refractivity contribution in [2.45, 2.75) is 26.4 Å². The van der Waals surface area contributed by atoms with Gasteiger partial charge in [0.15, 0.2) is 0 Å². The van der Waals surface area contributed by atoms with E-state index in [2.05, 4.69) is 4.99 Å². The number of hydrogen-bond donors (Lipinski definition) is 0. The lowest BCUT2D eigenvalue weighted by molar-refractivity contribution is -0.152. The van der Waals surface area contributed by atoms with Gasteiger partial charge in [-0.15, -0.1) is 23.5 Å². The monoisotopic (exact) mass is 235 g/mol. The van der Waals surface area contributed by atoms with Gasteiger partial charge in [-0.2, -0.15) is 0 Å². The lowest BCUT2D eigenvalue weighted by atomic mass is 10.2. The molecule has 0 N–H and O–H groups in total. The first-order chi connectivity index (χ1) is 6.39. The minimum absolute atomic E-state index is 0.105. The van der Waals surface area contributed by atoms with Crippen LogP contribution in [0.15, 0.2) is 4.99 Å². The number of ether oxygens (including phenoxy) is 1. The van der Waals surface area contributed by atoms with Crippen molar-refractivity contribution >= 4 is 33.9 Å². The summed E-state index contributed by atoms with van der Waals surface area (Å²) >= 11 is 3.07. The molecule has 0 bridgehead atoms. The van der Waals surface area contributed by atoms with Crippen molar-refractivity contribution in [3.8, 4) is 0 Å². The summed E-state index contributed by atoms with van der Waals surface area (Å²) in [5.74, 6) is -0.280. The molecule has 0 heterocycles. The maximum Gasteiger partial charge on any atom is 0.328 e. The van der Waals surface area contributed by atoms with E-state index in [1.165, 1.54) is 23.5 Å². The summed E-state index contributed by atoms with van der Waals surface area (Å²) in [6, 6.07) is 0. The van der Waals surface area contributed by atoms with Gasteiger partial charge >= 0.3 is 5.97 Å². The molecule has 0 saturated heterocycles. The Balaban J connectivity index is 4.02. The van der Waals surface area contributed by atoms with Crippen LogP contribution in [0.1, 0.15) is 20.8 Å². The SMILES string of the molecule is CSC(=NCC(=O)OC(C)(C)C)SC. The minimum Gasteiger partial charge on any atom is -0.459 e. The van der Waals surface area contributed by atoms with Crippen molar-refractivity contribution in [1.29, 1.82) is 0 Å². The van der Waals surface area contributed by atoms with Crippen molar-refractivity contribution < 1.29 is 9.53 Å². The highest BCUT2D eigenvalue weighted by Gasteiger charge is 2.15. The molecule has 0 aliphatic heterocycles. The number of aliphatic imine (C=N–C) groups is 1. The smallest absolute Gasteiger partial charge is 0.328 e. The fourth-order valence-corrected chi connectivity index (χ4v) is 1.77. The first-order valence-corrected chi connectivity index (χ1v) is 6.68. The zero-order valence-corrected chi connectivity index (χ0v) is 10.9. The number of nitrogens with zero attached hydrogens (tertiary/aromatic N) is 1. The molecule has 0 aliphatic carbocycles. The Hall–Kier alpha value is -0.160. The predicted molar refractivity (Wildman–Crippen MR) is 65.2 cm³/mol. The van der Waals surface area contributed by atoms with Gasteiger partial charge in [0.25, 0.3) is 0 Å². The molecule has 0 aliphatic rings. The van der Waals surface area contributed by atoms with Gasteiger partial charge in [-0.1, -0.05) is 0 Å². The van der Waals surface area contributed by atoms with Gasteiger partial charge in [0.1, 0.15) is 16.5 Å². The van der Waals surface area contributed by atoms with Crippen LogP contribution < -0.4 is 0 Å². The third-order valence-electron chi connectivity index (χ3n) is 1.11. The molecule has 0 aromatic rings. The average Bonchev–Trinajstić information content (AvgIpc) is 2.03. The van der Waals surface area contributed by atoms with E-state index < -0.39 is 5.60 Å². The van der Waals surface area contributed by atoms with Crippen molar-refractivity contribution in [3.63, 3.8) is 0 Å². The van der Waals surface area contributed by atoms with E-state index >= 15 is 0 Å². The first kappa shape index (κ1) is 13.8. The summed E-state index contributed by atoms with van der Waals surface area (Å²) in [7, 11) is 0. The third-order valence-corrected chi connectivity index (χ3v) is 3.06. The van der Waals surface area contributed by atoms with Crippen LogP contribution in [0.25, 0.3) is 0 Å². The molecule has 0 spiro atoms. The van der Waals surface area contributed by atoms with Gasteiger partial charge in [0.2, 0.25) is 0 Å². The normalized spacial score (nSPS) is 10.9. The molecule has 0 saturated carbocycles. The fourth-order valence-electron chi connectivity index (χ4n) is 0.715. The zero-order valence-electron chi connectivity index (χ0n) is 9.29. The van der Waals surface area contributed by atoms with Crippen molar-refractivity contribution in [1.82, 2.24) is 0 Å². The molecule has 0 radical (unpaired) electrons. The Bertz CT molecular complexity index is 215. The number of rotatable bonds is 2. The lowest BCUT2D eigenvalue weighted by Gasteiger charge is -2.18. The minimum atomic E-state index is -0.425. The van der Waals surface area contributed by atoms with Crippen LogP contribution in [0, 0.1) is 0 Å². The van der Waals surface area contributed by atoms with Crippen LogP contribution in [0.5, 0.6) is 0 Å². The van der Waals surface area contributed by atoms with Gasteiger partial charge in [-0.05, 0) is 33.3 Å². The molecule has 3 nitrogen and oxygen atoms in total. The highest BCUT2D eigenvalue weighted by molar-refractivity contribution is 8.38.